The lowest BCUT2D eigenvalue weighted by Gasteiger charge is -2.21. The Bertz CT molecular complexity index is 2740. The van der Waals surface area contributed by atoms with Crippen LogP contribution in [-0.2, 0) is 65.4 Å². The second-order valence-corrected chi connectivity index (χ2v) is 27.7. The maximum atomic E-state index is 13.1. The number of ether oxygens (including phenoxy) is 4. The zero-order chi connectivity index (χ0) is 76.0. The average molecular weight is 1490 g/mol. The molecule has 0 saturated heterocycles. The van der Waals surface area contributed by atoms with Crippen LogP contribution in [0.25, 0.3) is 0 Å². The molecular weight excluding hydrogens is 1350 g/mol. The van der Waals surface area contributed by atoms with Crippen LogP contribution in [0.1, 0.15) is 259 Å². The van der Waals surface area contributed by atoms with Crippen LogP contribution in [0.3, 0.4) is 0 Å². The SMILES string of the molecule is CC/C=C\C/C=C\C/C=C\C/C=C\C/C=C\CCCC(=O)OCC(COP(=O)(O)OCC(O)COP(=O)(O)OCC(COC(=O)CCCCCCCCC/C=C\C/C=C\C/C=C\CC)OC(=O)CCCC/C=C\C/C=C\C/C=C\C/C=C\CC)OC(=O)CCCC/C=C\C/C=C\C/C=C\C/C=C\CC. The van der Waals surface area contributed by atoms with Gasteiger partial charge in [-0.1, -0.05) is 254 Å². The molecule has 3 N–H and O–H groups in total. The Morgan fingerprint density at radius 2 is 0.481 bits per heavy atom. The number of aliphatic hydroxyl groups excluding tert-OH is 1. The number of carbonyl (C=O) groups excluding carboxylic acids is 4. The van der Waals surface area contributed by atoms with Crippen LogP contribution in [0.4, 0.5) is 0 Å². The monoisotopic (exact) mass is 1490 g/mol. The lowest BCUT2D eigenvalue weighted by molar-refractivity contribution is -0.161. The minimum atomic E-state index is -5.01. The van der Waals surface area contributed by atoms with Gasteiger partial charge in [0.15, 0.2) is 12.2 Å². The first kappa shape index (κ1) is 97.9. The van der Waals surface area contributed by atoms with E-state index in [4.69, 9.17) is 37.0 Å². The van der Waals surface area contributed by atoms with Crippen molar-refractivity contribution in [1.82, 2.24) is 0 Å². The van der Waals surface area contributed by atoms with Crippen LogP contribution < -0.4 is 0 Å². The van der Waals surface area contributed by atoms with Crippen molar-refractivity contribution in [3.05, 3.63) is 194 Å². The Morgan fingerprint density at radius 3 is 0.779 bits per heavy atom. The second-order valence-electron chi connectivity index (χ2n) is 24.8. The Labute approximate surface area is 627 Å². The first-order chi connectivity index (χ1) is 50.7. The normalized spacial score (nSPS) is 15.0. The summed E-state index contributed by atoms with van der Waals surface area (Å²) >= 11 is 0. The Balaban J connectivity index is 5.51. The fourth-order valence-electron chi connectivity index (χ4n) is 9.31. The summed E-state index contributed by atoms with van der Waals surface area (Å²) in [7, 11) is -10.0. The zero-order valence-corrected chi connectivity index (χ0v) is 65.6. The molecule has 0 fully saturated rings. The molecule has 0 saturated carbocycles. The molecule has 17 nitrogen and oxygen atoms in total. The number of phosphoric acid groups is 2. The molecule has 5 unspecified atom stereocenters. The third kappa shape index (κ3) is 74.2. The zero-order valence-electron chi connectivity index (χ0n) is 63.9. The van der Waals surface area contributed by atoms with Crippen molar-refractivity contribution >= 4 is 39.5 Å². The first-order valence-corrected chi connectivity index (χ1v) is 41.7. The van der Waals surface area contributed by atoms with Crippen molar-refractivity contribution in [2.24, 2.45) is 0 Å². The van der Waals surface area contributed by atoms with Crippen molar-refractivity contribution in [2.45, 2.75) is 277 Å². The van der Waals surface area contributed by atoms with E-state index in [1.54, 1.807) is 0 Å². The van der Waals surface area contributed by atoms with E-state index in [2.05, 4.69) is 204 Å². The fourth-order valence-corrected chi connectivity index (χ4v) is 10.9. The molecule has 0 aromatic heterocycles. The van der Waals surface area contributed by atoms with Gasteiger partial charge in [-0.3, -0.25) is 37.3 Å². The van der Waals surface area contributed by atoms with E-state index >= 15 is 0 Å². The van der Waals surface area contributed by atoms with E-state index in [9.17, 15) is 43.2 Å². The Morgan fingerprint density at radius 1 is 0.269 bits per heavy atom. The van der Waals surface area contributed by atoms with Gasteiger partial charge in [-0.05, 0) is 173 Å². The second kappa shape index (κ2) is 75.1. The highest BCUT2D eigenvalue weighted by atomic mass is 31.2. The van der Waals surface area contributed by atoms with Crippen LogP contribution in [0.5, 0.6) is 0 Å². The number of hydrogen-bond acceptors (Lipinski definition) is 15. The molecule has 0 heterocycles. The summed E-state index contributed by atoms with van der Waals surface area (Å²) in [6.45, 7) is 4.21. The van der Waals surface area contributed by atoms with Crippen molar-refractivity contribution in [3.8, 4) is 0 Å². The van der Waals surface area contributed by atoms with Crippen LogP contribution in [0.2, 0.25) is 0 Å². The topological polar surface area (TPSA) is 237 Å². The molecule has 0 aromatic carbocycles. The summed E-state index contributed by atoms with van der Waals surface area (Å²) in [6.07, 6.45) is 91.5. The lowest BCUT2D eigenvalue weighted by Crippen LogP contribution is -2.30. The molecule has 0 radical (unpaired) electrons. The fraction of sp³-hybridized carbons (Fsp3) is 0.576. The Hall–Kier alpha value is -6.10. The standard InChI is InChI=1S/C85H134O17P2/c1-5-9-13-17-21-25-29-33-37-39-43-45-49-53-57-61-65-69-82(87)95-75-80(101-84(89)71-67-63-59-55-51-47-41-35-31-27-23-19-15-11-7-3)77-99-103(91,92)97-73-79(86)74-98-104(93,94)100-78-81(102-85(90)72-68-64-60-56-52-48-42-36-32-28-24-20-16-12-8-4)76-96-83(88)70-66-62-58-54-50-46-44-40-38-34-30-26-22-18-14-10-6-2/h9-16,21-28,33-38,41-43,45,51-53,55-57,79-81,86H,5-8,17-20,29-32,39-40,44,46-50,54,58-78H2,1-4H3,(H,91,92)(H,93,94)/b13-9-,14-10-,15-11-,16-12-,25-21-,26-22-,27-23-,28-24-,37-33-,38-34-,41-35-,42-36-,45-43-,55-51-,56-52-,57-53-. The molecule has 0 aliphatic rings. The minimum absolute atomic E-state index is 0.0212. The van der Waals surface area contributed by atoms with Crippen molar-refractivity contribution in [2.75, 3.05) is 39.6 Å². The van der Waals surface area contributed by atoms with E-state index in [1.165, 1.54) is 0 Å². The molecule has 0 aliphatic heterocycles. The van der Waals surface area contributed by atoms with Gasteiger partial charge >= 0.3 is 39.5 Å². The predicted octanol–water partition coefficient (Wildman–Crippen LogP) is 22.5. The number of aliphatic hydroxyl groups is 1. The summed E-state index contributed by atoms with van der Waals surface area (Å²) in [5, 5.41) is 10.6. The first-order valence-electron chi connectivity index (χ1n) is 38.7. The van der Waals surface area contributed by atoms with Crippen LogP contribution in [0, 0.1) is 0 Å². The van der Waals surface area contributed by atoms with Gasteiger partial charge in [0.1, 0.15) is 19.3 Å². The van der Waals surface area contributed by atoms with Crippen LogP contribution in [-0.4, -0.2) is 96.7 Å². The highest BCUT2D eigenvalue weighted by molar-refractivity contribution is 7.47. The number of allylic oxidation sites excluding steroid dienone is 32. The molecule has 0 rings (SSSR count). The summed E-state index contributed by atoms with van der Waals surface area (Å²) in [6, 6.07) is 0. The number of carbonyl (C=O) groups is 4. The number of hydrogen-bond donors (Lipinski definition) is 3. The minimum Gasteiger partial charge on any atom is -0.462 e. The summed E-state index contributed by atoms with van der Waals surface area (Å²) in [5.74, 6) is -2.37. The number of unbranched alkanes of at least 4 members (excludes halogenated alkanes) is 12. The van der Waals surface area contributed by atoms with Gasteiger partial charge in [0.25, 0.3) is 0 Å². The van der Waals surface area contributed by atoms with Gasteiger partial charge in [0.05, 0.1) is 26.4 Å². The summed E-state index contributed by atoms with van der Waals surface area (Å²) in [5.41, 5.74) is 0. The van der Waals surface area contributed by atoms with Gasteiger partial charge in [-0.25, -0.2) is 9.13 Å². The van der Waals surface area contributed by atoms with Crippen LogP contribution >= 0.6 is 15.6 Å². The number of rotatable bonds is 70. The highest BCUT2D eigenvalue weighted by Gasteiger charge is 2.30. The molecule has 104 heavy (non-hydrogen) atoms. The smallest absolute Gasteiger partial charge is 0.462 e. The van der Waals surface area contributed by atoms with Gasteiger partial charge in [0.2, 0.25) is 0 Å². The van der Waals surface area contributed by atoms with E-state index in [0.717, 1.165) is 161 Å². The summed E-state index contributed by atoms with van der Waals surface area (Å²) < 4.78 is 68.4. The quantitative estimate of drug-likeness (QED) is 0.0169. The number of phosphoric ester groups is 2. The molecule has 0 aliphatic carbocycles. The third-order valence-electron chi connectivity index (χ3n) is 15.0. The van der Waals surface area contributed by atoms with Crippen molar-refractivity contribution in [3.63, 3.8) is 0 Å². The molecule has 0 aromatic rings. The average Bonchev–Trinajstić information content (AvgIpc) is 0.937. The van der Waals surface area contributed by atoms with E-state index in [1.807, 2.05) is 18.2 Å². The van der Waals surface area contributed by atoms with Gasteiger partial charge in [-0.15, -0.1) is 0 Å². The van der Waals surface area contributed by atoms with Crippen molar-refractivity contribution < 1.29 is 80.2 Å². The highest BCUT2D eigenvalue weighted by Crippen LogP contribution is 2.45. The molecular formula is C85H134O17P2. The van der Waals surface area contributed by atoms with Gasteiger partial charge in [-0.2, -0.15) is 0 Å². The van der Waals surface area contributed by atoms with Crippen molar-refractivity contribution in [1.29, 1.82) is 0 Å². The predicted molar refractivity (Wildman–Crippen MR) is 426 cm³/mol. The van der Waals surface area contributed by atoms with E-state index < -0.39 is 97.5 Å². The maximum Gasteiger partial charge on any atom is 0.472 e. The van der Waals surface area contributed by atoms with E-state index in [-0.39, 0.29) is 25.7 Å². The van der Waals surface area contributed by atoms with Crippen LogP contribution in [0.15, 0.2) is 194 Å². The lowest BCUT2D eigenvalue weighted by atomic mass is 10.1. The largest absolute Gasteiger partial charge is 0.472 e. The molecule has 0 amide bonds. The molecule has 0 bridgehead atoms. The number of esters is 4. The van der Waals surface area contributed by atoms with E-state index in [0.29, 0.717) is 44.9 Å². The molecule has 586 valence electrons. The Kier molecular flexibility index (Phi) is 70.7. The third-order valence-corrected chi connectivity index (χ3v) is 16.9. The van der Waals surface area contributed by atoms with Gasteiger partial charge in [0, 0.05) is 25.7 Å². The summed E-state index contributed by atoms with van der Waals surface area (Å²) in [4.78, 5) is 72.9. The molecule has 5 atom stereocenters. The molecule has 19 heteroatoms. The van der Waals surface area contributed by atoms with Gasteiger partial charge < -0.3 is 33.8 Å². The maximum absolute atomic E-state index is 13.1. The molecule has 0 spiro atoms.